The van der Waals surface area contributed by atoms with Gasteiger partial charge in [0, 0.05) is 5.69 Å². The maximum absolute atomic E-state index is 11.5. The van der Waals surface area contributed by atoms with Crippen LogP contribution in [0.5, 0.6) is 0 Å². The third-order valence-electron chi connectivity index (χ3n) is 2.45. The molecule has 0 unspecified atom stereocenters. The molecule has 0 bridgehead atoms. The van der Waals surface area contributed by atoms with Gasteiger partial charge in [0.2, 0.25) is 0 Å². The first-order chi connectivity index (χ1) is 7.76. The third-order valence-corrected chi connectivity index (χ3v) is 2.45. The smallest absolute Gasteiger partial charge is 0.415 e. The van der Waals surface area contributed by atoms with Crippen molar-refractivity contribution in [3.05, 3.63) is 42.5 Å². The number of benzene rings is 1. The summed E-state index contributed by atoms with van der Waals surface area (Å²) >= 11 is 0. The highest BCUT2D eigenvalue weighted by atomic mass is 16.6. The molecule has 4 nitrogen and oxygen atoms in total. The van der Waals surface area contributed by atoms with Crippen molar-refractivity contribution in [2.45, 2.75) is 6.04 Å². The Morgan fingerprint density at radius 2 is 2.19 bits per heavy atom. The number of cyclic esters (lactones) is 1. The minimum absolute atomic E-state index is 0.138. The first kappa shape index (κ1) is 10.2. The van der Waals surface area contributed by atoms with Gasteiger partial charge in [0.15, 0.2) is 0 Å². The molecular weight excluding hydrogens is 204 g/mol. The van der Waals surface area contributed by atoms with Crippen molar-refractivity contribution in [1.29, 1.82) is 5.26 Å². The molecule has 16 heavy (non-hydrogen) atoms. The molecular formula is C12H10N2O2. The number of ether oxygens (including phenoxy) is 1. The van der Waals surface area contributed by atoms with Crippen LogP contribution in [0.4, 0.5) is 10.5 Å². The summed E-state index contributed by atoms with van der Waals surface area (Å²) in [5.41, 5.74) is 1.28. The molecule has 0 radical (unpaired) electrons. The van der Waals surface area contributed by atoms with E-state index in [9.17, 15) is 4.79 Å². The Kier molecular flexibility index (Phi) is 2.61. The second kappa shape index (κ2) is 4.07. The monoisotopic (exact) mass is 214 g/mol. The Balaban J connectivity index is 2.32. The van der Waals surface area contributed by atoms with E-state index in [2.05, 4.69) is 6.58 Å². The largest absolute Gasteiger partial charge is 0.447 e. The summed E-state index contributed by atoms with van der Waals surface area (Å²) in [6.45, 7) is 3.98. The van der Waals surface area contributed by atoms with Crippen molar-refractivity contribution < 1.29 is 9.53 Å². The molecule has 4 heteroatoms. The molecule has 1 atom stereocenters. The zero-order chi connectivity index (χ0) is 11.5. The number of carbonyl (C=O) groups excluding carboxylic acids is 1. The predicted molar refractivity (Wildman–Crippen MR) is 59.0 cm³/mol. The molecule has 1 aliphatic rings. The van der Waals surface area contributed by atoms with Gasteiger partial charge in [0.25, 0.3) is 0 Å². The normalized spacial score (nSPS) is 19.1. The highest BCUT2D eigenvalue weighted by Crippen LogP contribution is 2.23. The number of amides is 1. The Labute approximate surface area is 93.4 Å². The summed E-state index contributed by atoms with van der Waals surface area (Å²) in [6.07, 6.45) is 1.29. The van der Waals surface area contributed by atoms with Crippen LogP contribution < -0.4 is 4.90 Å². The number of carbonyl (C=O) groups is 1. The van der Waals surface area contributed by atoms with Gasteiger partial charge in [0.05, 0.1) is 17.7 Å². The fourth-order valence-corrected chi connectivity index (χ4v) is 1.60. The van der Waals surface area contributed by atoms with Crippen molar-refractivity contribution in [2.24, 2.45) is 0 Å². The molecule has 1 aromatic rings. The maximum Gasteiger partial charge on any atom is 0.415 e. The highest BCUT2D eigenvalue weighted by Gasteiger charge is 2.31. The summed E-state index contributed by atoms with van der Waals surface area (Å²) < 4.78 is 4.93. The van der Waals surface area contributed by atoms with Gasteiger partial charge in [-0.15, -0.1) is 6.58 Å². The van der Waals surface area contributed by atoms with E-state index in [-0.39, 0.29) is 12.1 Å². The number of nitriles is 1. The lowest BCUT2D eigenvalue weighted by Crippen LogP contribution is -2.31. The molecule has 0 N–H and O–H groups in total. The van der Waals surface area contributed by atoms with Gasteiger partial charge in [0.1, 0.15) is 6.61 Å². The van der Waals surface area contributed by atoms with Crippen LogP contribution in [0.3, 0.4) is 0 Å². The Morgan fingerprint density at radius 3 is 2.75 bits per heavy atom. The molecule has 1 amide bonds. The van der Waals surface area contributed by atoms with E-state index in [0.29, 0.717) is 17.9 Å². The van der Waals surface area contributed by atoms with Crippen LogP contribution in [0, 0.1) is 11.3 Å². The topological polar surface area (TPSA) is 53.3 Å². The first-order valence-corrected chi connectivity index (χ1v) is 4.85. The van der Waals surface area contributed by atoms with Gasteiger partial charge in [-0.2, -0.15) is 5.26 Å². The lowest BCUT2D eigenvalue weighted by atomic mass is 10.2. The average molecular weight is 214 g/mol. The first-order valence-electron chi connectivity index (χ1n) is 4.85. The minimum Gasteiger partial charge on any atom is -0.447 e. The van der Waals surface area contributed by atoms with Gasteiger partial charge in [-0.3, -0.25) is 4.90 Å². The SMILES string of the molecule is C=C[C@@H]1COC(=O)N1c1ccc(C#N)cc1. The number of hydrogen-bond donors (Lipinski definition) is 0. The zero-order valence-electron chi connectivity index (χ0n) is 8.59. The second-order valence-electron chi connectivity index (χ2n) is 3.41. The van der Waals surface area contributed by atoms with Gasteiger partial charge < -0.3 is 4.74 Å². The van der Waals surface area contributed by atoms with Crippen LogP contribution in [0.15, 0.2) is 36.9 Å². The molecule has 0 spiro atoms. The van der Waals surface area contributed by atoms with Crippen molar-refractivity contribution in [2.75, 3.05) is 11.5 Å². The van der Waals surface area contributed by atoms with Gasteiger partial charge in [-0.05, 0) is 24.3 Å². The predicted octanol–water partition coefficient (Wildman–Crippen LogP) is 2.07. The van der Waals surface area contributed by atoms with Crippen molar-refractivity contribution >= 4 is 11.8 Å². The molecule has 0 aromatic heterocycles. The highest BCUT2D eigenvalue weighted by molar-refractivity contribution is 5.90. The minimum atomic E-state index is -0.380. The number of hydrogen-bond acceptors (Lipinski definition) is 3. The number of anilines is 1. The zero-order valence-corrected chi connectivity index (χ0v) is 8.59. The van der Waals surface area contributed by atoms with Crippen molar-refractivity contribution in [1.82, 2.24) is 0 Å². The van der Waals surface area contributed by atoms with Crippen LogP contribution >= 0.6 is 0 Å². The fourth-order valence-electron chi connectivity index (χ4n) is 1.60. The van der Waals surface area contributed by atoms with E-state index >= 15 is 0 Å². The molecule has 2 rings (SSSR count). The maximum atomic E-state index is 11.5. The van der Waals surface area contributed by atoms with Crippen LogP contribution in [0.25, 0.3) is 0 Å². The Bertz CT molecular complexity index is 459. The quantitative estimate of drug-likeness (QED) is 0.708. The lowest BCUT2D eigenvalue weighted by molar-refractivity contribution is 0.180. The van der Waals surface area contributed by atoms with E-state index < -0.39 is 0 Å². The fraction of sp³-hybridized carbons (Fsp3) is 0.167. The third kappa shape index (κ3) is 1.63. The van der Waals surface area contributed by atoms with E-state index in [4.69, 9.17) is 10.00 Å². The molecule has 80 valence electrons. The molecule has 0 aliphatic carbocycles. The lowest BCUT2D eigenvalue weighted by Gasteiger charge is -2.18. The molecule has 1 fully saturated rings. The van der Waals surface area contributed by atoms with Crippen molar-refractivity contribution in [3.63, 3.8) is 0 Å². The molecule has 0 saturated carbocycles. The van der Waals surface area contributed by atoms with Gasteiger partial charge in [-0.1, -0.05) is 6.08 Å². The second-order valence-corrected chi connectivity index (χ2v) is 3.41. The van der Waals surface area contributed by atoms with Gasteiger partial charge >= 0.3 is 6.09 Å². The number of rotatable bonds is 2. The Morgan fingerprint density at radius 1 is 1.50 bits per heavy atom. The van der Waals surface area contributed by atoms with Crippen LogP contribution in [0.2, 0.25) is 0 Å². The van der Waals surface area contributed by atoms with E-state index in [1.807, 2.05) is 6.07 Å². The van der Waals surface area contributed by atoms with E-state index in [1.165, 1.54) is 4.90 Å². The summed E-state index contributed by atoms with van der Waals surface area (Å²) in [6, 6.07) is 8.67. The van der Waals surface area contributed by atoms with Crippen LogP contribution in [-0.2, 0) is 4.74 Å². The molecule has 1 aromatic carbocycles. The standard InChI is InChI=1S/C12H10N2O2/c1-2-10-8-16-12(15)14(10)11-5-3-9(7-13)4-6-11/h2-6,10H,1,8H2/t10-/m1/s1. The Hall–Kier alpha value is -2.28. The van der Waals surface area contributed by atoms with Crippen LogP contribution in [-0.4, -0.2) is 18.7 Å². The summed E-state index contributed by atoms with van der Waals surface area (Å²) in [4.78, 5) is 13.0. The average Bonchev–Trinajstić information content (AvgIpc) is 2.70. The van der Waals surface area contributed by atoms with Gasteiger partial charge in [-0.25, -0.2) is 4.79 Å². The van der Waals surface area contributed by atoms with Crippen molar-refractivity contribution in [3.8, 4) is 6.07 Å². The van der Waals surface area contributed by atoms with Crippen LogP contribution in [0.1, 0.15) is 5.56 Å². The summed E-state index contributed by atoms with van der Waals surface area (Å²) in [5, 5.41) is 8.67. The molecule has 1 aliphatic heterocycles. The summed E-state index contributed by atoms with van der Waals surface area (Å²) in [7, 11) is 0. The van der Waals surface area contributed by atoms with E-state index in [0.717, 1.165) is 0 Å². The molecule has 1 heterocycles. The van der Waals surface area contributed by atoms with E-state index in [1.54, 1.807) is 30.3 Å². The summed E-state index contributed by atoms with van der Waals surface area (Å²) in [5.74, 6) is 0. The molecule has 1 saturated heterocycles. The number of nitrogens with zero attached hydrogens (tertiary/aromatic N) is 2.